The number of benzene rings is 1. The maximum absolute atomic E-state index is 12.0. The van der Waals surface area contributed by atoms with Crippen LogP contribution in [0.1, 0.15) is 31.4 Å². The van der Waals surface area contributed by atoms with E-state index < -0.39 is 0 Å². The minimum atomic E-state index is -0.125. The quantitative estimate of drug-likeness (QED) is 0.894. The summed E-state index contributed by atoms with van der Waals surface area (Å²) in [5.41, 5.74) is 1.85. The number of rotatable bonds is 4. The second-order valence-electron chi connectivity index (χ2n) is 5.02. The van der Waals surface area contributed by atoms with Crippen molar-refractivity contribution < 1.29 is 9.53 Å². The van der Waals surface area contributed by atoms with Gasteiger partial charge in [-0.1, -0.05) is 12.1 Å². The van der Waals surface area contributed by atoms with Crippen LogP contribution in [0, 0.1) is 0 Å². The summed E-state index contributed by atoms with van der Waals surface area (Å²) in [6.07, 6.45) is 2.27. The molecule has 0 spiro atoms. The Morgan fingerprint density at radius 2 is 2.35 bits per heavy atom. The average molecular weight is 294 g/mol. The molecule has 2 N–H and O–H groups in total. The van der Waals surface area contributed by atoms with E-state index in [1.54, 1.807) is 7.11 Å². The summed E-state index contributed by atoms with van der Waals surface area (Å²) in [6, 6.07) is 7.92. The van der Waals surface area contributed by atoms with Crippen LogP contribution in [0.3, 0.4) is 0 Å². The van der Waals surface area contributed by atoms with Crippen LogP contribution in [0.2, 0.25) is 0 Å². The number of thioether (sulfide) groups is 1. The van der Waals surface area contributed by atoms with Gasteiger partial charge >= 0.3 is 6.03 Å². The molecule has 20 heavy (non-hydrogen) atoms. The summed E-state index contributed by atoms with van der Waals surface area (Å²) in [7, 11) is 1.68. The van der Waals surface area contributed by atoms with E-state index in [0.29, 0.717) is 0 Å². The molecular weight excluding hydrogens is 272 g/mol. The number of hydrogen-bond donors (Lipinski definition) is 2. The molecule has 1 aromatic rings. The zero-order chi connectivity index (χ0) is 14.4. The van der Waals surface area contributed by atoms with Crippen LogP contribution in [0.4, 0.5) is 10.5 Å². The second-order valence-corrected chi connectivity index (χ2v) is 6.17. The smallest absolute Gasteiger partial charge is 0.319 e. The Bertz CT molecular complexity index is 447. The number of carbonyl (C=O) groups is 1. The number of ether oxygens (including phenoxy) is 1. The number of nitrogens with one attached hydrogen (secondary N) is 2. The summed E-state index contributed by atoms with van der Waals surface area (Å²) in [5.74, 6) is 2.21. The van der Waals surface area contributed by atoms with Gasteiger partial charge in [0.05, 0.1) is 6.10 Å². The molecule has 0 radical (unpaired) electrons. The molecular formula is C15H22N2O2S. The van der Waals surface area contributed by atoms with E-state index in [9.17, 15) is 4.79 Å². The summed E-state index contributed by atoms with van der Waals surface area (Å²) >= 11 is 1.90. The van der Waals surface area contributed by atoms with Crippen molar-refractivity contribution in [3.63, 3.8) is 0 Å². The van der Waals surface area contributed by atoms with E-state index in [2.05, 4.69) is 10.6 Å². The van der Waals surface area contributed by atoms with Crippen molar-refractivity contribution in [2.24, 2.45) is 0 Å². The third-order valence-electron chi connectivity index (χ3n) is 3.46. The lowest BCUT2D eigenvalue weighted by atomic mass is 10.1. The van der Waals surface area contributed by atoms with Crippen molar-refractivity contribution in [3.8, 4) is 0 Å². The van der Waals surface area contributed by atoms with E-state index in [1.807, 2.05) is 43.0 Å². The molecule has 1 heterocycles. The highest BCUT2D eigenvalue weighted by Crippen LogP contribution is 2.20. The molecule has 5 heteroatoms. The predicted octanol–water partition coefficient (Wildman–Crippen LogP) is 3.41. The van der Waals surface area contributed by atoms with Gasteiger partial charge in [0.1, 0.15) is 0 Å². The van der Waals surface area contributed by atoms with Gasteiger partial charge in [-0.15, -0.1) is 0 Å². The fourth-order valence-corrected chi connectivity index (χ4v) is 3.28. The standard InChI is InChI=1S/C15H22N2O2S/c1-11(19-2)12-5-3-6-13(9-12)16-15(18)17-14-7-4-8-20-10-14/h3,5-6,9,11,14H,4,7-8,10H2,1-2H3,(H2,16,17,18). The highest BCUT2D eigenvalue weighted by molar-refractivity contribution is 7.99. The average Bonchev–Trinajstić information content (AvgIpc) is 2.47. The number of carbonyl (C=O) groups excluding carboxylic acids is 1. The fraction of sp³-hybridized carbons (Fsp3) is 0.533. The molecule has 1 aromatic carbocycles. The molecule has 0 bridgehead atoms. The molecule has 2 unspecified atom stereocenters. The van der Waals surface area contributed by atoms with Gasteiger partial charge in [-0.25, -0.2) is 4.79 Å². The first-order chi connectivity index (χ1) is 9.69. The lowest BCUT2D eigenvalue weighted by molar-refractivity contribution is 0.119. The van der Waals surface area contributed by atoms with E-state index >= 15 is 0 Å². The Labute approximate surface area is 124 Å². The molecule has 1 aliphatic rings. The van der Waals surface area contributed by atoms with Crippen LogP contribution in [0.25, 0.3) is 0 Å². The van der Waals surface area contributed by atoms with Crippen LogP contribution in [0.15, 0.2) is 24.3 Å². The van der Waals surface area contributed by atoms with E-state index in [1.165, 1.54) is 12.2 Å². The van der Waals surface area contributed by atoms with Gasteiger partial charge in [0, 0.05) is 24.6 Å². The van der Waals surface area contributed by atoms with Crippen molar-refractivity contribution in [2.45, 2.75) is 31.9 Å². The SMILES string of the molecule is COC(C)c1cccc(NC(=O)NC2CCCSC2)c1. The zero-order valence-corrected chi connectivity index (χ0v) is 12.8. The topological polar surface area (TPSA) is 50.4 Å². The van der Waals surface area contributed by atoms with Crippen LogP contribution in [0.5, 0.6) is 0 Å². The van der Waals surface area contributed by atoms with Crippen LogP contribution in [-0.2, 0) is 4.74 Å². The zero-order valence-electron chi connectivity index (χ0n) is 12.0. The minimum Gasteiger partial charge on any atom is -0.377 e. The Balaban J connectivity index is 1.90. The number of anilines is 1. The third kappa shape index (κ3) is 4.42. The van der Waals surface area contributed by atoms with E-state index in [4.69, 9.17) is 4.74 Å². The molecule has 0 aliphatic carbocycles. The molecule has 110 valence electrons. The lowest BCUT2D eigenvalue weighted by Crippen LogP contribution is -2.40. The molecule has 2 amide bonds. The molecule has 2 atom stereocenters. The van der Waals surface area contributed by atoms with Gasteiger partial charge in [-0.2, -0.15) is 11.8 Å². The molecule has 0 aromatic heterocycles. The van der Waals surface area contributed by atoms with Gasteiger partial charge < -0.3 is 15.4 Å². The molecule has 1 saturated heterocycles. The summed E-state index contributed by atoms with van der Waals surface area (Å²) in [5, 5.41) is 5.92. The van der Waals surface area contributed by atoms with Crippen molar-refractivity contribution in [1.82, 2.24) is 5.32 Å². The number of methoxy groups -OCH3 is 1. The lowest BCUT2D eigenvalue weighted by Gasteiger charge is -2.22. The molecule has 2 rings (SSSR count). The first kappa shape index (κ1) is 15.2. The maximum atomic E-state index is 12.0. The van der Waals surface area contributed by atoms with Gasteiger partial charge in [0.15, 0.2) is 0 Å². The summed E-state index contributed by atoms with van der Waals surface area (Å²) < 4.78 is 5.29. The van der Waals surface area contributed by atoms with Crippen molar-refractivity contribution in [3.05, 3.63) is 29.8 Å². The third-order valence-corrected chi connectivity index (χ3v) is 4.68. The molecule has 0 saturated carbocycles. The Morgan fingerprint density at radius 3 is 3.05 bits per heavy atom. The van der Waals surface area contributed by atoms with Gasteiger partial charge in [0.25, 0.3) is 0 Å². The van der Waals surface area contributed by atoms with Gasteiger partial charge in [-0.3, -0.25) is 0 Å². The molecule has 4 nitrogen and oxygen atoms in total. The molecule has 1 aliphatic heterocycles. The Morgan fingerprint density at radius 1 is 1.50 bits per heavy atom. The van der Waals surface area contributed by atoms with Crippen LogP contribution < -0.4 is 10.6 Å². The highest BCUT2D eigenvalue weighted by Gasteiger charge is 2.16. The first-order valence-electron chi connectivity index (χ1n) is 6.97. The Hall–Kier alpha value is -1.20. The fourth-order valence-electron chi connectivity index (χ4n) is 2.21. The summed E-state index contributed by atoms with van der Waals surface area (Å²) in [4.78, 5) is 12.0. The van der Waals surface area contributed by atoms with Crippen LogP contribution >= 0.6 is 11.8 Å². The van der Waals surface area contributed by atoms with Gasteiger partial charge in [-0.05, 0) is 43.2 Å². The number of urea groups is 1. The monoisotopic (exact) mass is 294 g/mol. The van der Waals surface area contributed by atoms with Crippen molar-refractivity contribution in [1.29, 1.82) is 0 Å². The minimum absolute atomic E-state index is 0.0227. The van der Waals surface area contributed by atoms with Crippen molar-refractivity contribution >= 4 is 23.5 Å². The second kappa shape index (κ2) is 7.55. The first-order valence-corrected chi connectivity index (χ1v) is 8.12. The number of hydrogen-bond acceptors (Lipinski definition) is 3. The van der Waals surface area contributed by atoms with E-state index in [0.717, 1.165) is 23.4 Å². The van der Waals surface area contributed by atoms with Crippen LogP contribution in [-0.4, -0.2) is 30.7 Å². The normalized spacial score (nSPS) is 20.2. The largest absolute Gasteiger partial charge is 0.377 e. The predicted molar refractivity (Wildman–Crippen MR) is 84.4 cm³/mol. The van der Waals surface area contributed by atoms with Gasteiger partial charge in [0.2, 0.25) is 0 Å². The number of amides is 2. The summed E-state index contributed by atoms with van der Waals surface area (Å²) in [6.45, 7) is 1.98. The molecule has 1 fully saturated rings. The van der Waals surface area contributed by atoms with E-state index in [-0.39, 0.29) is 18.2 Å². The maximum Gasteiger partial charge on any atom is 0.319 e. The Kier molecular flexibility index (Phi) is 5.73. The highest BCUT2D eigenvalue weighted by atomic mass is 32.2. The van der Waals surface area contributed by atoms with Crippen molar-refractivity contribution in [2.75, 3.05) is 23.9 Å².